The van der Waals surface area contributed by atoms with E-state index in [1.807, 2.05) is 13.0 Å². The van der Waals surface area contributed by atoms with Crippen molar-refractivity contribution in [2.75, 3.05) is 55.7 Å². The van der Waals surface area contributed by atoms with Gasteiger partial charge in [-0.2, -0.15) is 0 Å². The Morgan fingerprint density at radius 1 is 1.08 bits per heavy atom. The maximum absolute atomic E-state index is 13.0. The summed E-state index contributed by atoms with van der Waals surface area (Å²) in [6.45, 7) is 6.87. The van der Waals surface area contributed by atoms with Crippen LogP contribution in [-0.4, -0.2) is 82.9 Å². The molecule has 0 saturated carbocycles. The van der Waals surface area contributed by atoms with E-state index in [1.165, 1.54) is 23.7 Å². The molecule has 2 fully saturated rings. The number of hydrogen-bond acceptors (Lipinski definition) is 11. The van der Waals surface area contributed by atoms with Gasteiger partial charge in [0.25, 0.3) is 11.8 Å². The van der Waals surface area contributed by atoms with Gasteiger partial charge in [0.15, 0.2) is 5.82 Å². The molecule has 0 spiro atoms. The number of nitrogens with zero attached hydrogens (tertiary/aromatic N) is 6. The van der Waals surface area contributed by atoms with Crippen LogP contribution in [0.5, 0.6) is 0 Å². The summed E-state index contributed by atoms with van der Waals surface area (Å²) in [4.78, 5) is 47.0. The molecule has 0 unspecified atom stereocenters. The summed E-state index contributed by atoms with van der Waals surface area (Å²) < 4.78 is 6.40. The van der Waals surface area contributed by atoms with Crippen LogP contribution >= 0.6 is 11.3 Å². The molecular formula is C23H28N8O4S. The number of hydroxylamine groups is 1. The number of thiophene rings is 1. The quantitative estimate of drug-likeness (QED) is 0.327. The van der Waals surface area contributed by atoms with E-state index < -0.39 is 5.91 Å². The van der Waals surface area contributed by atoms with Gasteiger partial charge in [0.05, 0.1) is 33.9 Å². The molecule has 0 atom stereocenters. The van der Waals surface area contributed by atoms with Gasteiger partial charge in [-0.1, -0.05) is 0 Å². The van der Waals surface area contributed by atoms with Crippen molar-refractivity contribution in [2.24, 2.45) is 5.92 Å². The van der Waals surface area contributed by atoms with Crippen LogP contribution in [0, 0.1) is 12.8 Å². The van der Waals surface area contributed by atoms with E-state index in [4.69, 9.17) is 9.94 Å². The number of carbonyl (C=O) groups excluding carboxylic acids is 2. The number of nitrogens with one attached hydrogen (secondary N) is 2. The van der Waals surface area contributed by atoms with Crippen molar-refractivity contribution in [1.82, 2.24) is 30.7 Å². The summed E-state index contributed by atoms with van der Waals surface area (Å²) in [5, 5.41) is 11.8. The van der Waals surface area contributed by atoms with Crippen LogP contribution in [-0.2, 0) is 4.74 Å². The van der Waals surface area contributed by atoms with Gasteiger partial charge in [-0.15, -0.1) is 11.3 Å². The van der Waals surface area contributed by atoms with E-state index in [2.05, 4.69) is 35.1 Å². The summed E-state index contributed by atoms with van der Waals surface area (Å²) in [6.07, 6.45) is 4.56. The summed E-state index contributed by atoms with van der Waals surface area (Å²) in [5.74, 6) is 1.73. The normalized spacial score (nSPS) is 16.8. The van der Waals surface area contributed by atoms with Crippen molar-refractivity contribution in [3.05, 3.63) is 34.7 Å². The van der Waals surface area contributed by atoms with Gasteiger partial charge < -0.3 is 19.9 Å². The molecule has 0 aliphatic carbocycles. The lowest BCUT2D eigenvalue weighted by molar-refractivity contribution is 0.0705. The first-order valence-corrected chi connectivity index (χ1v) is 12.7. The van der Waals surface area contributed by atoms with Crippen molar-refractivity contribution in [1.29, 1.82) is 0 Å². The van der Waals surface area contributed by atoms with Gasteiger partial charge in [-0.05, 0) is 31.7 Å². The second-order valence-corrected chi connectivity index (χ2v) is 9.92. The number of aromatic nitrogens is 4. The number of fused-ring (bicyclic) bond motifs is 1. The SMILES string of the molecule is Cc1nc(N2CCOCC2)c2sc(C(=O)NCC3CCN(c4ncc(C(=O)NO)cn4)CC3)cc2n1. The number of amides is 2. The van der Waals surface area contributed by atoms with E-state index in [-0.39, 0.29) is 11.5 Å². The highest BCUT2D eigenvalue weighted by Gasteiger charge is 2.24. The molecule has 2 aliphatic heterocycles. The molecule has 5 rings (SSSR count). The molecule has 13 heteroatoms. The Morgan fingerprint density at radius 3 is 2.50 bits per heavy atom. The second-order valence-electron chi connectivity index (χ2n) is 8.87. The molecule has 0 radical (unpaired) electrons. The molecular weight excluding hydrogens is 484 g/mol. The van der Waals surface area contributed by atoms with Gasteiger partial charge in [0, 0.05) is 45.1 Å². The van der Waals surface area contributed by atoms with Crippen LogP contribution in [0.2, 0.25) is 0 Å². The smallest absolute Gasteiger partial charge is 0.277 e. The summed E-state index contributed by atoms with van der Waals surface area (Å²) in [7, 11) is 0. The first-order chi connectivity index (χ1) is 17.5. The van der Waals surface area contributed by atoms with Crippen molar-refractivity contribution in [3.63, 3.8) is 0 Å². The van der Waals surface area contributed by atoms with Gasteiger partial charge >= 0.3 is 0 Å². The zero-order valence-electron chi connectivity index (χ0n) is 19.9. The zero-order chi connectivity index (χ0) is 25.1. The Balaban J connectivity index is 1.17. The molecule has 0 bridgehead atoms. The maximum Gasteiger partial charge on any atom is 0.277 e. The van der Waals surface area contributed by atoms with Gasteiger partial charge in [-0.25, -0.2) is 25.4 Å². The molecule has 2 amide bonds. The lowest BCUT2D eigenvalue weighted by atomic mass is 9.97. The monoisotopic (exact) mass is 512 g/mol. The van der Waals surface area contributed by atoms with E-state index in [1.54, 1.807) is 5.48 Å². The highest BCUT2D eigenvalue weighted by Crippen LogP contribution is 2.32. The summed E-state index contributed by atoms with van der Waals surface area (Å²) >= 11 is 1.43. The largest absolute Gasteiger partial charge is 0.378 e. The summed E-state index contributed by atoms with van der Waals surface area (Å²) in [6, 6.07) is 1.86. The minimum Gasteiger partial charge on any atom is -0.378 e. The second kappa shape index (κ2) is 10.7. The van der Waals surface area contributed by atoms with Crippen LogP contribution < -0.4 is 20.6 Å². The molecule has 12 nitrogen and oxygen atoms in total. The number of hydrogen-bond donors (Lipinski definition) is 3. The predicted octanol–water partition coefficient (Wildman–Crippen LogP) is 1.39. The minimum absolute atomic E-state index is 0.0907. The topological polar surface area (TPSA) is 146 Å². The predicted molar refractivity (Wildman–Crippen MR) is 134 cm³/mol. The Hall–Kier alpha value is -3.42. The first kappa shape index (κ1) is 24.3. The van der Waals surface area contributed by atoms with Crippen molar-refractivity contribution in [2.45, 2.75) is 19.8 Å². The molecule has 190 valence electrons. The molecule has 2 saturated heterocycles. The van der Waals surface area contributed by atoms with Crippen LogP contribution in [0.1, 0.15) is 38.7 Å². The van der Waals surface area contributed by atoms with Crippen LogP contribution in [0.3, 0.4) is 0 Å². The molecule has 2 aliphatic rings. The zero-order valence-corrected chi connectivity index (χ0v) is 20.8. The van der Waals surface area contributed by atoms with Crippen LogP contribution in [0.25, 0.3) is 10.2 Å². The highest BCUT2D eigenvalue weighted by atomic mass is 32.1. The number of aryl methyl sites for hydroxylation is 1. The van der Waals surface area contributed by atoms with E-state index in [9.17, 15) is 9.59 Å². The average molecular weight is 513 g/mol. The van der Waals surface area contributed by atoms with E-state index in [0.717, 1.165) is 55.1 Å². The standard InChI is InChI=1S/C23H28N8O4S/c1-14-27-17-10-18(36-19(17)20(28-14)30-6-8-35-9-7-30)22(33)24-11-15-2-4-31(5-3-15)23-25-12-16(13-26-23)21(32)29-34/h10,12-13,15,34H,2-9,11H2,1H3,(H,24,33)(H,29,32). The Labute approximate surface area is 211 Å². The number of rotatable bonds is 6. The van der Waals surface area contributed by atoms with Crippen molar-refractivity contribution >= 4 is 45.1 Å². The maximum atomic E-state index is 13.0. The van der Waals surface area contributed by atoms with E-state index >= 15 is 0 Å². The third-order valence-electron chi connectivity index (χ3n) is 6.45. The van der Waals surface area contributed by atoms with Crippen LogP contribution in [0.15, 0.2) is 18.5 Å². The molecule has 3 N–H and O–H groups in total. The number of ether oxygens (including phenoxy) is 1. The lowest BCUT2D eigenvalue weighted by Crippen LogP contribution is -2.39. The Morgan fingerprint density at radius 2 is 1.81 bits per heavy atom. The van der Waals surface area contributed by atoms with Crippen molar-refractivity contribution in [3.8, 4) is 0 Å². The lowest BCUT2D eigenvalue weighted by Gasteiger charge is -2.32. The van der Waals surface area contributed by atoms with Gasteiger partial charge in [-0.3, -0.25) is 14.8 Å². The highest BCUT2D eigenvalue weighted by molar-refractivity contribution is 7.21. The number of carbonyl (C=O) groups is 2. The fourth-order valence-corrected chi connectivity index (χ4v) is 5.49. The Bertz CT molecular complexity index is 1240. The van der Waals surface area contributed by atoms with E-state index in [0.29, 0.717) is 42.3 Å². The number of piperidine rings is 1. The minimum atomic E-state index is -0.644. The average Bonchev–Trinajstić information content (AvgIpc) is 3.36. The molecule has 36 heavy (non-hydrogen) atoms. The van der Waals surface area contributed by atoms with Crippen molar-refractivity contribution < 1.29 is 19.5 Å². The van der Waals surface area contributed by atoms with Gasteiger partial charge in [0.1, 0.15) is 5.82 Å². The molecule has 5 heterocycles. The fraction of sp³-hybridized carbons (Fsp3) is 0.478. The molecule has 3 aromatic rings. The number of anilines is 2. The molecule has 3 aromatic heterocycles. The molecule has 0 aromatic carbocycles. The third-order valence-corrected chi connectivity index (χ3v) is 7.57. The van der Waals surface area contributed by atoms with Crippen LogP contribution in [0.4, 0.5) is 11.8 Å². The Kier molecular flexibility index (Phi) is 7.20. The fourth-order valence-electron chi connectivity index (χ4n) is 4.46. The first-order valence-electron chi connectivity index (χ1n) is 11.9. The number of morpholine rings is 1. The third kappa shape index (κ3) is 5.22. The summed E-state index contributed by atoms with van der Waals surface area (Å²) in [5.41, 5.74) is 2.56. The van der Waals surface area contributed by atoms with Gasteiger partial charge in [0.2, 0.25) is 5.95 Å².